The number of nitrogens with zero attached hydrogens (tertiary/aromatic N) is 4. The van der Waals surface area contributed by atoms with E-state index in [1.165, 1.54) is 6.33 Å². The Morgan fingerprint density at radius 1 is 1.21 bits per heavy atom. The lowest BCUT2D eigenvalue weighted by Crippen LogP contribution is -2.50. The van der Waals surface area contributed by atoms with Crippen LogP contribution in [0.1, 0.15) is 5.69 Å². The maximum Gasteiger partial charge on any atom is 0.260 e. The molecule has 0 atom stereocenters. The van der Waals surface area contributed by atoms with Crippen LogP contribution in [0, 0.1) is 6.92 Å². The van der Waals surface area contributed by atoms with Crippen LogP contribution in [0.3, 0.4) is 0 Å². The molecule has 2 heterocycles. The molecule has 0 unspecified atom stereocenters. The molecule has 1 amide bonds. The summed E-state index contributed by atoms with van der Waals surface area (Å²) in [7, 11) is 0. The standard InChI is InChI=1S/C17H19ClN4O2/c1-13-9-16(20-12-19-13)24-11-17(23)22-7-5-21(6-8-22)15-4-2-3-14(18)10-15/h2-4,9-10,12H,5-8,11H2,1H3. The fraction of sp³-hybridized carbons (Fsp3) is 0.353. The van der Waals surface area contributed by atoms with Crippen molar-refractivity contribution in [1.29, 1.82) is 0 Å². The van der Waals surface area contributed by atoms with Crippen LogP contribution in [0.25, 0.3) is 0 Å². The smallest absolute Gasteiger partial charge is 0.260 e. The predicted octanol–water partition coefficient (Wildman–Crippen LogP) is 2.17. The van der Waals surface area contributed by atoms with Crippen LogP contribution in [0.4, 0.5) is 5.69 Å². The minimum Gasteiger partial charge on any atom is -0.467 e. The Labute approximate surface area is 146 Å². The quantitative estimate of drug-likeness (QED) is 0.849. The van der Waals surface area contributed by atoms with Gasteiger partial charge in [-0.2, -0.15) is 0 Å². The van der Waals surface area contributed by atoms with Crippen molar-refractivity contribution in [3.8, 4) is 5.88 Å². The molecular weight excluding hydrogens is 328 g/mol. The summed E-state index contributed by atoms with van der Waals surface area (Å²) in [6.45, 7) is 4.73. The summed E-state index contributed by atoms with van der Waals surface area (Å²) in [5.41, 5.74) is 1.89. The lowest BCUT2D eigenvalue weighted by atomic mass is 10.2. The third-order valence-corrected chi connectivity index (χ3v) is 4.16. The molecular formula is C17H19ClN4O2. The van der Waals surface area contributed by atoms with Gasteiger partial charge in [0.15, 0.2) is 6.61 Å². The Kier molecular flexibility index (Phi) is 5.15. The Hall–Kier alpha value is -2.34. The molecule has 126 valence electrons. The Bertz CT molecular complexity index is 717. The molecule has 2 aromatic rings. The first-order chi connectivity index (χ1) is 11.6. The number of hydrogen-bond acceptors (Lipinski definition) is 5. The van der Waals surface area contributed by atoms with Crippen LogP contribution in [-0.2, 0) is 4.79 Å². The third-order valence-electron chi connectivity index (χ3n) is 3.93. The molecule has 24 heavy (non-hydrogen) atoms. The minimum absolute atomic E-state index is 0.00633. The zero-order chi connectivity index (χ0) is 16.9. The van der Waals surface area contributed by atoms with Crippen molar-refractivity contribution in [2.24, 2.45) is 0 Å². The number of aryl methyl sites for hydroxylation is 1. The predicted molar refractivity (Wildman–Crippen MR) is 92.5 cm³/mol. The van der Waals surface area contributed by atoms with E-state index in [-0.39, 0.29) is 12.5 Å². The number of piperazine rings is 1. The van der Waals surface area contributed by atoms with Crippen LogP contribution in [0.2, 0.25) is 5.02 Å². The summed E-state index contributed by atoms with van der Waals surface area (Å²) in [6.07, 6.45) is 1.43. The first-order valence-corrected chi connectivity index (χ1v) is 8.19. The highest BCUT2D eigenvalue weighted by molar-refractivity contribution is 6.30. The van der Waals surface area contributed by atoms with Crippen molar-refractivity contribution in [3.63, 3.8) is 0 Å². The number of carbonyl (C=O) groups is 1. The van der Waals surface area contributed by atoms with Crippen molar-refractivity contribution in [2.75, 3.05) is 37.7 Å². The molecule has 0 aliphatic carbocycles. The zero-order valence-corrected chi connectivity index (χ0v) is 14.2. The highest BCUT2D eigenvalue weighted by Crippen LogP contribution is 2.20. The molecule has 0 bridgehead atoms. The Morgan fingerprint density at radius 3 is 2.71 bits per heavy atom. The van der Waals surface area contributed by atoms with Crippen LogP contribution in [0.15, 0.2) is 36.7 Å². The van der Waals surface area contributed by atoms with Crippen molar-refractivity contribution >= 4 is 23.2 Å². The average Bonchev–Trinajstić information content (AvgIpc) is 2.60. The lowest BCUT2D eigenvalue weighted by molar-refractivity contribution is -0.133. The molecule has 1 aromatic heterocycles. The molecule has 0 radical (unpaired) electrons. The molecule has 0 spiro atoms. The fourth-order valence-corrected chi connectivity index (χ4v) is 2.81. The monoisotopic (exact) mass is 346 g/mol. The van der Waals surface area contributed by atoms with Crippen LogP contribution in [-0.4, -0.2) is 53.6 Å². The number of halogens is 1. The summed E-state index contributed by atoms with van der Waals surface area (Å²) in [6, 6.07) is 9.48. The first kappa shape index (κ1) is 16.5. The van der Waals surface area contributed by atoms with Crippen molar-refractivity contribution in [3.05, 3.63) is 47.4 Å². The minimum atomic E-state index is -0.0305. The summed E-state index contributed by atoms with van der Waals surface area (Å²) in [5.74, 6) is 0.394. The van der Waals surface area contributed by atoms with E-state index in [1.54, 1.807) is 6.07 Å². The number of amides is 1. The van der Waals surface area contributed by atoms with Crippen LogP contribution >= 0.6 is 11.6 Å². The molecule has 1 aliphatic rings. The molecule has 6 nitrogen and oxygen atoms in total. The summed E-state index contributed by atoms with van der Waals surface area (Å²) in [5, 5.41) is 0.722. The van der Waals surface area contributed by atoms with E-state index in [1.807, 2.05) is 36.1 Å². The van der Waals surface area contributed by atoms with Crippen molar-refractivity contribution < 1.29 is 9.53 Å². The van der Waals surface area contributed by atoms with Gasteiger partial charge < -0.3 is 14.5 Å². The molecule has 7 heteroatoms. The van der Waals surface area contributed by atoms with E-state index in [0.717, 1.165) is 29.5 Å². The molecule has 0 N–H and O–H groups in total. The first-order valence-electron chi connectivity index (χ1n) is 7.81. The number of aromatic nitrogens is 2. The fourth-order valence-electron chi connectivity index (χ4n) is 2.62. The van der Waals surface area contributed by atoms with Crippen LogP contribution in [0.5, 0.6) is 5.88 Å². The van der Waals surface area contributed by atoms with Gasteiger partial charge in [0.05, 0.1) is 0 Å². The van der Waals surface area contributed by atoms with E-state index in [9.17, 15) is 4.79 Å². The third kappa shape index (κ3) is 4.14. The van der Waals surface area contributed by atoms with Gasteiger partial charge >= 0.3 is 0 Å². The second-order valence-corrected chi connectivity index (χ2v) is 6.07. The maximum absolute atomic E-state index is 12.3. The largest absolute Gasteiger partial charge is 0.467 e. The number of anilines is 1. The van der Waals surface area contributed by atoms with E-state index < -0.39 is 0 Å². The van der Waals surface area contributed by atoms with Gasteiger partial charge in [0, 0.05) is 48.6 Å². The van der Waals surface area contributed by atoms with Gasteiger partial charge in [-0.3, -0.25) is 4.79 Å². The van der Waals surface area contributed by atoms with Crippen LogP contribution < -0.4 is 9.64 Å². The number of benzene rings is 1. The second-order valence-electron chi connectivity index (χ2n) is 5.63. The lowest BCUT2D eigenvalue weighted by Gasteiger charge is -2.36. The normalized spacial score (nSPS) is 14.6. The van der Waals surface area contributed by atoms with E-state index in [0.29, 0.717) is 19.0 Å². The van der Waals surface area contributed by atoms with E-state index >= 15 is 0 Å². The van der Waals surface area contributed by atoms with Crippen molar-refractivity contribution in [1.82, 2.24) is 14.9 Å². The van der Waals surface area contributed by atoms with E-state index in [4.69, 9.17) is 16.3 Å². The molecule has 1 saturated heterocycles. The number of ether oxygens (including phenoxy) is 1. The molecule has 3 rings (SSSR count). The summed E-state index contributed by atoms with van der Waals surface area (Å²) in [4.78, 5) is 24.3. The number of carbonyl (C=O) groups excluding carboxylic acids is 1. The summed E-state index contributed by atoms with van der Waals surface area (Å²) >= 11 is 6.04. The van der Waals surface area contributed by atoms with Gasteiger partial charge in [-0.05, 0) is 25.1 Å². The van der Waals surface area contributed by atoms with Gasteiger partial charge in [-0.1, -0.05) is 17.7 Å². The zero-order valence-electron chi connectivity index (χ0n) is 13.5. The molecule has 1 aliphatic heterocycles. The maximum atomic E-state index is 12.3. The Morgan fingerprint density at radius 2 is 2.00 bits per heavy atom. The van der Waals surface area contributed by atoms with E-state index in [2.05, 4.69) is 14.9 Å². The highest BCUT2D eigenvalue weighted by Gasteiger charge is 2.21. The summed E-state index contributed by atoms with van der Waals surface area (Å²) < 4.78 is 5.46. The van der Waals surface area contributed by atoms with Gasteiger partial charge in [-0.25, -0.2) is 9.97 Å². The number of hydrogen-bond donors (Lipinski definition) is 0. The van der Waals surface area contributed by atoms with Gasteiger partial charge in [-0.15, -0.1) is 0 Å². The SMILES string of the molecule is Cc1cc(OCC(=O)N2CCN(c3cccc(Cl)c3)CC2)ncn1. The van der Waals surface area contributed by atoms with Gasteiger partial charge in [0.25, 0.3) is 5.91 Å². The highest BCUT2D eigenvalue weighted by atomic mass is 35.5. The molecule has 1 fully saturated rings. The molecule has 0 saturated carbocycles. The second kappa shape index (κ2) is 7.49. The average molecular weight is 347 g/mol. The Balaban J connectivity index is 1.50. The molecule has 1 aromatic carbocycles. The van der Waals surface area contributed by atoms with Crippen molar-refractivity contribution in [2.45, 2.75) is 6.92 Å². The van der Waals surface area contributed by atoms with Gasteiger partial charge in [0.2, 0.25) is 5.88 Å². The topological polar surface area (TPSA) is 58.6 Å². The van der Waals surface area contributed by atoms with Gasteiger partial charge in [0.1, 0.15) is 6.33 Å². The number of rotatable bonds is 4.